The van der Waals surface area contributed by atoms with Gasteiger partial charge in [0, 0.05) is 24.4 Å². The van der Waals surface area contributed by atoms with Gasteiger partial charge in [-0.3, -0.25) is 0 Å². The second kappa shape index (κ2) is 11.4. The Morgan fingerprint density at radius 1 is 0.935 bits per heavy atom. The lowest BCUT2D eigenvalue weighted by Gasteiger charge is -2.16. The minimum Gasteiger partial charge on any atom is -0.492 e. The van der Waals surface area contributed by atoms with Crippen LogP contribution >= 0.6 is 0 Å². The van der Waals surface area contributed by atoms with Gasteiger partial charge in [-0.1, -0.05) is 42.5 Å². The normalized spacial score (nSPS) is 11.8. The van der Waals surface area contributed by atoms with Crippen LogP contribution in [0.15, 0.2) is 66.7 Å². The molecule has 0 N–H and O–H groups in total. The lowest BCUT2D eigenvalue weighted by molar-refractivity contribution is -0.156. The molecular weight excluding hydrogens is 390 g/mol. The van der Waals surface area contributed by atoms with Crippen molar-refractivity contribution in [1.82, 2.24) is 4.57 Å². The van der Waals surface area contributed by atoms with Gasteiger partial charge in [0.05, 0.1) is 13.2 Å². The van der Waals surface area contributed by atoms with E-state index in [1.807, 2.05) is 37.3 Å². The van der Waals surface area contributed by atoms with Crippen molar-refractivity contribution in [1.29, 1.82) is 0 Å². The molecule has 2 aromatic carbocycles. The first-order chi connectivity index (χ1) is 15.1. The van der Waals surface area contributed by atoms with Crippen molar-refractivity contribution in [2.24, 2.45) is 0 Å². The molecule has 164 valence electrons. The van der Waals surface area contributed by atoms with Crippen LogP contribution in [0.2, 0.25) is 0 Å². The summed E-state index contributed by atoms with van der Waals surface area (Å²) >= 11 is 0. The molecule has 0 fully saturated rings. The molecule has 31 heavy (non-hydrogen) atoms. The van der Waals surface area contributed by atoms with E-state index in [2.05, 4.69) is 47.9 Å². The summed E-state index contributed by atoms with van der Waals surface area (Å²) in [6, 6.07) is 22.5. The number of nitrogens with zero attached hydrogens (tertiary/aromatic N) is 1. The molecule has 1 atom stereocenters. The van der Waals surface area contributed by atoms with Gasteiger partial charge in [0.15, 0.2) is 6.10 Å². The number of aryl methyl sites for hydroxylation is 1. The highest BCUT2D eigenvalue weighted by molar-refractivity contribution is 5.75. The number of carbonyl (C=O) groups excluding carboxylic acids is 1. The number of hydrogen-bond donors (Lipinski definition) is 0. The molecule has 0 aliphatic carbocycles. The first-order valence-corrected chi connectivity index (χ1v) is 10.8. The van der Waals surface area contributed by atoms with Crippen LogP contribution in [0.5, 0.6) is 5.75 Å². The maximum absolute atomic E-state index is 12.0. The molecule has 0 radical (unpaired) electrons. The highest BCUT2D eigenvalue weighted by atomic mass is 16.6. The number of carbonyl (C=O) groups is 1. The van der Waals surface area contributed by atoms with Crippen LogP contribution in [0.1, 0.15) is 25.1 Å². The third-order valence-electron chi connectivity index (χ3n) is 5.11. The fourth-order valence-corrected chi connectivity index (χ4v) is 3.56. The SMILES string of the molecule is CCOC(=O)[C@@H](Cc1ccc(OCCn2c(C)ccc2-c2ccccc2)cc1)OCC. The zero-order chi connectivity index (χ0) is 22.1. The molecule has 1 aromatic heterocycles. The molecule has 3 rings (SSSR count). The third kappa shape index (κ3) is 6.22. The third-order valence-corrected chi connectivity index (χ3v) is 5.11. The van der Waals surface area contributed by atoms with Crippen LogP contribution in [0.4, 0.5) is 0 Å². The summed E-state index contributed by atoms with van der Waals surface area (Å²) in [6.07, 6.45) is -0.0968. The van der Waals surface area contributed by atoms with E-state index in [0.717, 1.165) is 17.9 Å². The van der Waals surface area contributed by atoms with E-state index < -0.39 is 6.10 Å². The molecule has 0 saturated carbocycles. The van der Waals surface area contributed by atoms with Crippen LogP contribution in [-0.4, -0.2) is 36.5 Å². The average Bonchev–Trinajstić information content (AvgIpc) is 3.16. The second-order valence-corrected chi connectivity index (χ2v) is 7.27. The molecule has 0 aliphatic rings. The zero-order valence-corrected chi connectivity index (χ0v) is 18.5. The Morgan fingerprint density at radius 2 is 1.68 bits per heavy atom. The predicted molar refractivity (Wildman–Crippen MR) is 122 cm³/mol. The molecule has 3 aromatic rings. The minimum atomic E-state index is -0.579. The fourth-order valence-electron chi connectivity index (χ4n) is 3.56. The van der Waals surface area contributed by atoms with Crippen molar-refractivity contribution in [2.45, 2.75) is 39.8 Å². The Bertz CT molecular complexity index is 947. The van der Waals surface area contributed by atoms with Crippen LogP contribution in [0.25, 0.3) is 11.3 Å². The number of aromatic nitrogens is 1. The topological polar surface area (TPSA) is 49.7 Å². The van der Waals surface area contributed by atoms with Gasteiger partial charge in [0.2, 0.25) is 0 Å². The quantitative estimate of drug-likeness (QED) is 0.407. The Balaban J connectivity index is 1.57. The van der Waals surface area contributed by atoms with Crippen molar-refractivity contribution < 1.29 is 19.0 Å². The van der Waals surface area contributed by atoms with Gasteiger partial charge in [-0.15, -0.1) is 0 Å². The molecule has 1 heterocycles. The first-order valence-electron chi connectivity index (χ1n) is 10.8. The molecule has 0 spiro atoms. The number of esters is 1. The monoisotopic (exact) mass is 421 g/mol. The smallest absolute Gasteiger partial charge is 0.335 e. The Kier molecular flexibility index (Phi) is 8.30. The van der Waals surface area contributed by atoms with Gasteiger partial charge >= 0.3 is 5.97 Å². The molecule has 5 nitrogen and oxygen atoms in total. The van der Waals surface area contributed by atoms with Gasteiger partial charge in [-0.2, -0.15) is 0 Å². The largest absolute Gasteiger partial charge is 0.492 e. The lowest BCUT2D eigenvalue weighted by atomic mass is 10.1. The number of rotatable bonds is 11. The molecule has 0 amide bonds. The van der Waals surface area contributed by atoms with Crippen LogP contribution < -0.4 is 4.74 Å². The van der Waals surface area contributed by atoms with E-state index in [1.54, 1.807) is 6.92 Å². The van der Waals surface area contributed by atoms with Crippen molar-refractivity contribution in [3.05, 3.63) is 78.0 Å². The molecular formula is C26H31NO4. The van der Waals surface area contributed by atoms with Gasteiger partial charge in [-0.25, -0.2) is 4.79 Å². The molecule has 5 heteroatoms. The maximum atomic E-state index is 12.0. The summed E-state index contributed by atoms with van der Waals surface area (Å²) in [5, 5.41) is 0. The minimum absolute atomic E-state index is 0.319. The molecule has 0 saturated heterocycles. The van der Waals surface area contributed by atoms with E-state index in [4.69, 9.17) is 14.2 Å². The van der Waals surface area contributed by atoms with E-state index >= 15 is 0 Å². The maximum Gasteiger partial charge on any atom is 0.335 e. The van der Waals surface area contributed by atoms with E-state index in [0.29, 0.717) is 26.2 Å². The van der Waals surface area contributed by atoms with E-state index in [9.17, 15) is 4.79 Å². The Hall–Kier alpha value is -3.05. The van der Waals surface area contributed by atoms with E-state index in [1.165, 1.54) is 17.0 Å². The molecule has 0 unspecified atom stereocenters. The number of ether oxygens (including phenoxy) is 3. The Labute approximate surface area is 184 Å². The van der Waals surface area contributed by atoms with Crippen molar-refractivity contribution >= 4 is 5.97 Å². The summed E-state index contributed by atoms with van der Waals surface area (Å²) < 4.78 is 18.9. The van der Waals surface area contributed by atoms with Crippen LogP contribution in [-0.2, 0) is 27.2 Å². The average molecular weight is 422 g/mol. The Morgan fingerprint density at radius 3 is 2.35 bits per heavy atom. The zero-order valence-electron chi connectivity index (χ0n) is 18.5. The molecule has 0 aliphatic heterocycles. The second-order valence-electron chi connectivity index (χ2n) is 7.27. The number of hydrogen-bond acceptors (Lipinski definition) is 4. The summed E-state index contributed by atoms with van der Waals surface area (Å²) in [4.78, 5) is 12.0. The highest BCUT2D eigenvalue weighted by Crippen LogP contribution is 2.22. The first kappa shape index (κ1) is 22.6. The van der Waals surface area contributed by atoms with Gasteiger partial charge in [0.25, 0.3) is 0 Å². The fraction of sp³-hybridized carbons (Fsp3) is 0.346. The summed E-state index contributed by atoms with van der Waals surface area (Å²) in [7, 11) is 0. The van der Waals surface area contributed by atoms with Crippen LogP contribution in [0.3, 0.4) is 0 Å². The number of benzene rings is 2. The van der Waals surface area contributed by atoms with Crippen molar-refractivity contribution in [3.8, 4) is 17.0 Å². The highest BCUT2D eigenvalue weighted by Gasteiger charge is 2.20. The molecule has 0 bridgehead atoms. The summed E-state index contributed by atoms with van der Waals surface area (Å²) in [5.41, 5.74) is 4.61. The van der Waals surface area contributed by atoms with Gasteiger partial charge < -0.3 is 18.8 Å². The standard InChI is InChI=1S/C26H31NO4/c1-4-29-25(26(28)30-5-2)19-21-12-14-23(15-13-21)31-18-17-27-20(3)11-16-24(27)22-9-7-6-8-10-22/h6-16,25H,4-5,17-19H2,1-3H3/t25-/m1/s1. The van der Waals surface area contributed by atoms with Gasteiger partial charge in [-0.05, 0) is 56.2 Å². The van der Waals surface area contributed by atoms with E-state index in [-0.39, 0.29) is 5.97 Å². The predicted octanol–water partition coefficient (Wildman–Crippen LogP) is 5.05. The van der Waals surface area contributed by atoms with Gasteiger partial charge in [0.1, 0.15) is 12.4 Å². The van der Waals surface area contributed by atoms with Crippen molar-refractivity contribution in [2.75, 3.05) is 19.8 Å². The lowest BCUT2D eigenvalue weighted by Crippen LogP contribution is -2.28. The van der Waals surface area contributed by atoms with Crippen LogP contribution in [0, 0.1) is 6.92 Å². The summed E-state index contributed by atoms with van der Waals surface area (Å²) in [6.45, 7) is 7.93. The summed E-state index contributed by atoms with van der Waals surface area (Å²) in [5.74, 6) is 0.486. The van der Waals surface area contributed by atoms with Crippen molar-refractivity contribution in [3.63, 3.8) is 0 Å².